The van der Waals surface area contributed by atoms with E-state index in [0.29, 0.717) is 16.6 Å². The maximum atomic E-state index is 13.7. The van der Waals surface area contributed by atoms with Crippen LogP contribution < -0.4 is 0 Å². The zero-order chi connectivity index (χ0) is 19.0. The van der Waals surface area contributed by atoms with Gasteiger partial charge in [0.05, 0.1) is 16.6 Å². The summed E-state index contributed by atoms with van der Waals surface area (Å²) in [6, 6.07) is 8.02. The second-order valence-corrected chi connectivity index (χ2v) is 5.45. The fourth-order valence-electron chi connectivity index (χ4n) is 2.47. The van der Waals surface area contributed by atoms with Crippen molar-refractivity contribution in [1.29, 1.82) is 0 Å². The molecule has 0 N–H and O–H groups in total. The molecule has 0 amide bonds. The van der Waals surface area contributed by atoms with Gasteiger partial charge in [0, 0.05) is 11.1 Å². The molecule has 8 heteroatoms. The van der Waals surface area contributed by atoms with Crippen molar-refractivity contribution in [1.82, 2.24) is 4.98 Å². The van der Waals surface area contributed by atoms with Crippen LogP contribution in [0.2, 0.25) is 0 Å². The third kappa shape index (κ3) is 2.98. The monoisotopic (exact) mass is 367 g/mol. The first-order chi connectivity index (χ1) is 12.3. The predicted molar refractivity (Wildman–Crippen MR) is 81.8 cm³/mol. The van der Waals surface area contributed by atoms with Crippen LogP contribution >= 0.6 is 0 Å². The second kappa shape index (κ2) is 6.70. The van der Waals surface area contributed by atoms with Crippen LogP contribution in [0.25, 0.3) is 10.9 Å². The number of ether oxygens (including phenoxy) is 1. The lowest BCUT2D eigenvalue weighted by Crippen LogP contribution is -2.12. The van der Waals surface area contributed by atoms with Gasteiger partial charge in [0.25, 0.3) is 0 Å². The van der Waals surface area contributed by atoms with Crippen molar-refractivity contribution in [3.63, 3.8) is 0 Å². The van der Waals surface area contributed by atoms with Crippen LogP contribution in [0.3, 0.4) is 0 Å². The smallest absolute Gasteiger partial charge is 0.339 e. The normalized spacial score (nSPS) is 11.0. The van der Waals surface area contributed by atoms with Crippen molar-refractivity contribution in [2.24, 2.45) is 0 Å². The Bertz CT molecular complexity index is 1010. The van der Waals surface area contributed by atoms with Crippen LogP contribution in [0.1, 0.15) is 21.6 Å². The minimum atomic E-state index is -2.27. The van der Waals surface area contributed by atoms with Crippen LogP contribution in [-0.4, -0.2) is 11.0 Å². The average molecular weight is 367 g/mol. The standard InChI is InChI=1S/C18H10F5NO2/c1-8-6-10(9-4-2-3-5-12(9)24-8)18(25)26-7-11-13(19)15(21)17(23)16(22)14(11)20/h2-6H,7H2,1H3. The topological polar surface area (TPSA) is 39.2 Å². The molecule has 0 unspecified atom stereocenters. The van der Waals surface area contributed by atoms with E-state index >= 15 is 0 Å². The first kappa shape index (κ1) is 17.8. The van der Waals surface area contributed by atoms with Crippen molar-refractivity contribution in [2.75, 3.05) is 0 Å². The van der Waals surface area contributed by atoms with Crippen molar-refractivity contribution >= 4 is 16.9 Å². The SMILES string of the molecule is Cc1cc(C(=O)OCc2c(F)c(F)c(F)c(F)c2F)c2ccccc2n1. The van der Waals surface area contributed by atoms with E-state index in [9.17, 15) is 26.7 Å². The summed E-state index contributed by atoms with van der Waals surface area (Å²) in [6.07, 6.45) is 0. The summed E-state index contributed by atoms with van der Waals surface area (Å²) >= 11 is 0. The molecule has 0 bridgehead atoms. The van der Waals surface area contributed by atoms with E-state index in [1.807, 2.05) is 0 Å². The minimum Gasteiger partial charge on any atom is -0.457 e. The summed E-state index contributed by atoms with van der Waals surface area (Å²) in [5, 5.41) is 0.431. The second-order valence-electron chi connectivity index (χ2n) is 5.45. The highest BCUT2D eigenvalue weighted by molar-refractivity contribution is 6.03. The molecule has 26 heavy (non-hydrogen) atoms. The molecule has 0 atom stereocenters. The lowest BCUT2D eigenvalue weighted by molar-refractivity contribution is 0.0464. The summed E-state index contributed by atoms with van der Waals surface area (Å²) in [5.74, 6) is -11.5. The first-order valence-corrected chi connectivity index (χ1v) is 7.35. The molecular formula is C18H10F5NO2. The van der Waals surface area contributed by atoms with Crippen molar-refractivity contribution in [3.05, 3.63) is 76.2 Å². The summed E-state index contributed by atoms with van der Waals surface area (Å²) < 4.78 is 71.5. The Kier molecular flexibility index (Phi) is 4.58. The molecule has 1 aromatic heterocycles. The molecule has 0 aliphatic rings. The maximum absolute atomic E-state index is 13.7. The van der Waals surface area contributed by atoms with Gasteiger partial charge in [-0.15, -0.1) is 0 Å². The van der Waals surface area contributed by atoms with Crippen LogP contribution in [0, 0.1) is 36.0 Å². The van der Waals surface area contributed by atoms with Gasteiger partial charge in [-0.25, -0.2) is 26.7 Å². The van der Waals surface area contributed by atoms with Gasteiger partial charge in [0.1, 0.15) is 6.61 Å². The van der Waals surface area contributed by atoms with E-state index in [1.54, 1.807) is 31.2 Å². The van der Waals surface area contributed by atoms with E-state index in [2.05, 4.69) is 4.98 Å². The largest absolute Gasteiger partial charge is 0.457 e. The molecule has 0 fully saturated rings. The highest BCUT2D eigenvalue weighted by Crippen LogP contribution is 2.25. The number of aromatic nitrogens is 1. The number of carbonyl (C=O) groups is 1. The van der Waals surface area contributed by atoms with Gasteiger partial charge in [0.2, 0.25) is 5.82 Å². The maximum Gasteiger partial charge on any atom is 0.339 e. The number of benzene rings is 2. The number of pyridine rings is 1. The highest BCUT2D eigenvalue weighted by Gasteiger charge is 2.26. The summed E-state index contributed by atoms with van der Waals surface area (Å²) in [5.41, 5.74) is -0.163. The molecule has 3 nitrogen and oxygen atoms in total. The van der Waals surface area contributed by atoms with E-state index in [-0.39, 0.29) is 5.56 Å². The van der Waals surface area contributed by atoms with E-state index in [0.717, 1.165) is 0 Å². The lowest BCUT2D eigenvalue weighted by Gasteiger charge is -2.11. The number of esters is 1. The number of para-hydroxylation sites is 1. The third-order valence-corrected chi connectivity index (χ3v) is 3.71. The number of hydrogen-bond acceptors (Lipinski definition) is 3. The number of fused-ring (bicyclic) bond motifs is 1. The molecule has 0 aliphatic heterocycles. The Morgan fingerprint density at radius 2 is 1.54 bits per heavy atom. The van der Waals surface area contributed by atoms with Crippen LogP contribution in [0.15, 0.2) is 30.3 Å². The number of hydrogen-bond donors (Lipinski definition) is 0. The average Bonchev–Trinajstić information content (AvgIpc) is 2.63. The van der Waals surface area contributed by atoms with Gasteiger partial charge in [-0.1, -0.05) is 18.2 Å². The third-order valence-electron chi connectivity index (χ3n) is 3.71. The Morgan fingerprint density at radius 1 is 0.962 bits per heavy atom. The Balaban J connectivity index is 1.94. The Hall–Kier alpha value is -3.03. The minimum absolute atomic E-state index is 0.0666. The van der Waals surface area contributed by atoms with Gasteiger partial charge in [-0.2, -0.15) is 0 Å². The fourth-order valence-corrected chi connectivity index (χ4v) is 2.47. The molecule has 0 aliphatic carbocycles. The van der Waals surface area contributed by atoms with Crippen molar-refractivity contribution in [3.8, 4) is 0 Å². The van der Waals surface area contributed by atoms with Crippen LogP contribution in [0.5, 0.6) is 0 Å². The highest BCUT2D eigenvalue weighted by atomic mass is 19.2. The molecule has 0 spiro atoms. The van der Waals surface area contributed by atoms with E-state index in [4.69, 9.17) is 4.74 Å². The first-order valence-electron chi connectivity index (χ1n) is 7.35. The molecule has 134 valence electrons. The molecule has 1 heterocycles. The van der Waals surface area contributed by atoms with Gasteiger partial charge >= 0.3 is 5.97 Å². The predicted octanol–water partition coefficient (Wildman–Crippen LogP) is 4.60. The number of nitrogens with zero attached hydrogens (tertiary/aromatic N) is 1. The number of rotatable bonds is 3. The quantitative estimate of drug-likeness (QED) is 0.294. The van der Waals surface area contributed by atoms with Gasteiger partial charge in [0.15, 0.2) is 23.3 Å². The number of aryl methyl sites for hydroxylation is 1. The molecule has 3 aromatic rings. The summed E-state index contributed by atoms with van der Waals surface area (Å²) in [4.78, 5) is 16.5. The molecule has 0 radical (unpaired) electrons. The van der Waals surface area contributed by atoms with Crippen LogP contribution in [0.4, 0.5) is 22.0 Å². The summed E-state index contributed by atoms with van der Waals surface area (Å²) in [6.45, 7) is 0.521. The number of carbonyl (C=O) groups excluding carboxylic acids is 1. The van der Waals surface area contributed by atoms with Crippen molar-refractivity contribution in [2.45, 2.75) is 13.5 Å². The molecule has 2 aromatic carbocycles. The van der Waals surface area contributed by atoms with Gasteiger partial charge < -0.3 is 4.74 Å². The Morgan fingerprint density at radius 3 is 2.19 bits per heavy atom. The molecule has 3 rings (SSSR count). The Labute approximate surface area is 144 Å². The van der Waals surface area contributed by atoms with E-state index < -0.39 is 47.2 Å². The van der Waals surface area contributed by atoms with Crippen molar-refractivity contribution < 1.29 is 31.5 Å². The zero-order valence-corrected chi connectivity index (χ0v) is 13.2. The fraction of sp³-hybridized carbons (Fsp3) is 0.111. The van der Waals surface area contributed by atoms with Crippen LogP contribution in [-0.2, 0) is 11.3 Å². The lowest BCUT2D eigenvalue weighted by atomic mass is 10.1. The molecule has 0 saturated heterocycles. The molecular weight excluding hydrogens is 357 g/mol. The number of halogens is 5. The summed E-state index contributed by atoms with van der Waals surface area (Å²) in [7, 11) is 0. The van der Waals surface area contributed by atoms with Gasteiger partial charge in [-0.05, 0) is 19.1 Å². The van der Waals surface area contributed by atoms with E-state index in [1.165, 1.54) is 6.07 Å². The van der Waals surface area contributed by atoms with Gasteiger partial charge in [-0.3, -0.25) is 4.98 Å². The zero-order valence-electron chi connectivity index (χ0n) is 13.2. The molecule has 0 saturated carbocycles.